The zero-order valence-corrected chi connectivity index (χ0v) is 18.2. The fourth-order valence-electron chi connectivity index (χ4n) is 3.11. The topological polar surface area (TPSA) is 111 Å². The van der Waals surface area contributed by atoms with Crippen LogP contribution < -0.4 is 16.4 Å². The van der Waals surface area contributed by atoms with Crippen LogP contribution in [-0.2, 0) is 33.5 Å². The summed E-state index contributed by atoms with van der Waals surface area (Å²) in [6.45, 7) is 3.29. The van der Waals surface area contributed by atoms with Gasteiger partial charge in [-0.1, -0.05) is 62.4 Å². The first kappa shape index (κ1) is 25.7. The molecule has 0 spiro atoms. The Balaban J connectivity index is 2.07. The Morgan fingerprint density at radius 1 is 0.970 bits per heavy atom. The highest BCUT2D eigenvalue weighted by atomic mass is 19.4. The second-order valence-electron chi connectivity index (χ2n) is 7.75. The molecule has 7 nitrogen and oxygen atoms in total. The molecule has 2 aromatic rings. The van der Waals surface area contributed by atoms with Gasteiger partial charge < -0.3 is 21.1 Å². The van der Waals surface area contributed by atoms with Crippen LogP contribution in [0.3, 0.4) is 0 Å². The first-order valence-electron chi connectivity index (χ1n) is 10.2. The molecule has 2 aromatic carbocycles. The number of benzene rings is 2. The Labute approximate surface area is 189 Å². The SMILES string of the molecule is CC(C)[C@H](NC(=O)OCc1ccccc1)C(=O)N[C@@H](Cc1ccccc1C(F)(F)F)C(N)=O. The summed E-state index contributed by atoms with van der Waals surface area (Å²) in [5.41, 5.74) is 4.97. The molecule has 3 amide bonds. The van der Waals surface area contributed by atoms with E-state index < -0.39 is 54.1 Å². The van der Waals surface area contributed by atoms with Crippen molar-refractivity contribution in [2.45, 2.75) is 45.1 Å². The summed E-state index contributed by atoms with van der Waals surface area (Å²) in [6, 6.07) is 11.1. The van der Waals surface area contributed by atoms with Crippen molar-refractivity contribution in [2.75, 3.05) is 0 Å². The largest absolute Gasteiger partial charge is 0.445 e. The molecule has 0 saturated carbocycles. The van der Waals surface area contributed by atoms with E-state index >= 15 is 0 Å². The summed E-state index contributed by atoms with van der Waals surface area (Å²) >= 11 is 0. The van der Waals surface area contributed by atoms with E-state index in [-0.39, 0.29) is 12.2 Å². The summed E-state index contributed by atoms with van der Waals surface area (Å²) in [5.74, 6) is -2.19. The molecule has 0 heterocycles. The number of primary amides is 1. The molecule has 0 radical (unpaired) electrons. The number of alkyl carbamates (subject to hydrolysis) is 1. The van der Waals surface area contributed by atoms with Crippen molar-refractivity contribution in [3.05, 3.63) is 71.3 Å². The van der Waals surface area contributed by atoms with Gasteiger partial charge in [0.05, 0.1) is 5.56 Å². The minimum absolute atomic E-state index is 0.0166. The molecule has 2 rings (SSSR count). The Kier molecular flexibility index (Phi) is 8.84. The molecule has 178 valence electrons. The molecule has 4 N–H and O–H groups in total. The number of ether oxygens (including phenoxy) is 1. The quantitative estimate of drug-likeness (QED) is 0.528. The lowest BCUT2D eigenvalue weighted by Gasteiger charge is -2.24. The fraction of sp³-hybridized carbons (Fsp3) is 0.348. The molecule has 33 heavy (non-hydrogen) atoms. The van der Waals surface area contributed by atoms with E-state index in [1.54, 1.807) is 38.1 Å². The molecular formula is C23H26F3N3O4. The number of carbonyl (C=O) groups is 3. The average Bonchev–Trinajstić information content (AvgIpc) is 2.75. The number of halogens is 3. The van der Waals surface area contributed by atoms with Crippen molar-refractivity contribution in [3.63, 3.8) is 0 Å². The number of amides is 3. The molecule has 0 aliphatic heterocycles. The summed E-state index contributed by atoms with van der Waals surface area (Å²) in [4.78, 5) is 36.8. The minimum Gasteiger partial charge on any atom is -0.445 e. The zero-order chi connectivity index (χ0) is 24.6. The van der Waals surface area contributed by atoms with Crippen LogP contribution in [0.15, 0.2) is 54.6 Å². The van der Waals surface area contributed by atoms with Gasteiger partial charge in [0.2, 0.25) is 11.8 Å². The number of alkyl halides is 3. The standard InChI is InChI=1S/C23H26F3N3O4/c1-14(2)19(29-22(32)33-13-15-8-4-3-5-9-15)21(31)28-18(20(27)30)12-16-10-6-7-11-17(16)23(24,25)26/h3-11,14,18-19H,12-13H2,1-2H3,(H2,27,30)(H,28,31)(H,29,32)/t18-,19-/m0/s1. The van der Waals surface area contributed by atoms with Gasteiger partial charge in [0.1, 0.15) is 18.7 Å². The Bertz CT molecular complexity index is 965. The number of rotatable bonds is 9. The van der Waals surface area contributed by atoms with E-state index in [1.165, 1.54) is 18.2 Å². The summed E-state index contributed by atoms with van der Waals surface area (Å²) in [5, 5.41) is 4.78. The Morgan fingerprint density at radius 2 is 1.58 bits per heavy atom. The number of nitrogens with one attached hydrogen (secondary N) is 2. The highest BCUT2D eigenvalue weighted by Gasteiger charge is 2.35. The first-order chi connectivity index (χ1) is 15.5. The summed E-state index contributed by atoms with van der Waals surface area (Å²) in [6.07, 6.45) is -5.95. The van der Waals surface area contributed by atoms with Crippen molar-refractivity contribution in [1.82, 2.24) is 10.6 Å². The number of hydrogen-bond acceptors (Lipinski definition) is 4. The third-order valence-corrected chi connectivity index (χ3v) is 4.84. The van der Waals surface area contributed by atoms with Crippen LogP contribution in [0.4, 0.5) is 18.0 Å². The van der Waals surface area contributed by atoms with Crippen LogP contribution in [0, 0.1) is 5.92 Å². The lowest BCUT2D eigenvalue weighted by atomic mass is 9.98. The molecular weight excluding hydrogens is 439 g/mol. The normalized spacial score (nSPS) is 13.2. The van der Waals surface area contributed by atoms with Crippen LogP contribution in [0.2, 0.25) is 0 Å². The molecule has 0 bridgehead atoms. The van der Waals surface area contributed by atoms with Crippen molar-refractivity contribution in [3.8, 4) is 0 Å². The van der Waals surface area contributed by atoms with Crippen molar-refractivity contribution >= 4 is 17.9 Å². The van der Waals surface area contributed by atoms with Crippen LogP contribution in [-0.4, -0.2) is 30.0 Å². The monoisotopic (exact) mass is 465 g/mol. The van der Waals surface area contributed by atoms with Crippen LogP contribution in [0.5, 0.6) is 0 Å². The third kappa shape index (κ3) is 7.81. The van der Waals surface area contributed by atoms with E-state index in [0.717, 1.165) is 11.6 Å². The van der Waals surface area contributed by atoms with Gasteiger partial charge in [-0.05, 0) is 23.1 Å². The maximum atomic E-state index is 13.3. The van der Waals surface area contributed by atoms with Gasteiger partial charge in [0.25, 0.3) is 0 Å². The molecule has 0 unspecified atom stereocenters. The predicted octanol–water partition coefficient (Wildman–Crippen LogP) is 3.17. The van der Waals surface area contributed by atoms with E-state index in [0.29, 0.717) is 0 Å². The molecule has 0 aromatic heterocycles. The lowest BCUT2D eigenvalue weighted by molar-refractivity contribution is -0.138. The molecule has 0 saturated heterocycles. The van der Waals surface area contributed by atoms with Crippen LogP contribution in [0.1, 0.15) is 30.5 Å². The lowest BCUT2D eigenvalue weighted by Crippen LogP contribution is -2.55. The van der Waals surface area contributed by atoms with Gasteiger partial charge in [-0.2, -0.15) is 13.2 Å². The van der Waals surface area contributed by atoms with Gasteiger partial charge in [0.15, 0.2) is 0 Å². The van der Waals surface area contributed by atoms with Crippen molar-refractivity contribution in [1.29, 1.82) is 0 Å². The van der Waals surface area contributed by atoms with Gasteiger partial charge in [-0.15, -0.1) is 0 Å². The van der Waals surface area contributed by atoms with Crippen LogP contribution >= 0.6 is 0 Å². The van der Waals surface area contributed by atoms with Crippen molar-refractivity contribution < 1.29 is 32.3 Å². The second kappa shape index (κ2) is 11.3. The first-order valence-corrected chi connectivity index (χ1v) is 10.2. The molecule has 0 fully saturated rings. The van der Waals surface area contributed by atoms with Gasteiger partial charge in [0, 0.05) is 6.42 Å². The van der Waals surface area contributed by atoms with Gasteiger partial charge >= 0.3 is 12.3 Å². The predicted molar refractivity (Wildman–Crippen MR) is 115 cm³/mol. The minimum atomic E-state index is -4.63. The van der Waals surface area contributed by atoms with Crippen molar-refractivity contribution in [2.24, 2.45) is 11.7 Å². The number of nitrogens with two attached hydrogens (primary N) is 1. The number of carbonyl (C=O) groups excluding carboxylic acids is 3. The smallest absolute Gasteiger partial charge is 0.416 e. The number of hydrogen-bond donors (Lipinski definition) is 3. The van der Waals surface area contributed by atoms with E-state index in [2.05, 4.69) is 10.6 Å². The van der Waals surface area contributed by atoms with E-state index in [1.807, 2.05) is 6.07 Å². The summed E-state index contributed by atoms with van der Waals surface area (Å²) in [7, 11) is 0. The third-order valence-electron chi connectivity index (χ3n) is 4.84. The highest BCUT2D eigenvalue weighted by molar-refractivity contribution is 5.91. The average molecular weight is 465 g/mol. The molecule has 0 aliphatic rings. The molecule has 0 aliphatic carbocycles. The maximum Gasteiger partial charge on any atom is 0.416 e. The Hall–Kier alpha value is -3.56. The second-order valence-corrected chi connectivity index (χ2v) is 7.75. The van der Waals surface area contributed by atoms with Gasteiger partial charge in [-0.3, -0.25) is 9.59 Å². The van der Waals surface area contributed by atoms with E-state index in [9.17, 15) is 27.6 Å². The highest BCUT2D eigenvalue weighted by Crippen LogP contribution is 2.32. The van der Waals surface area contributed by atoms with Gasteiger partial charge in [-0.25, -0.2) is 4.79 Å². The van der Waals surface area contributed by atoms with Crippen LogP contribution in [0.25, 0.3) is 0 Å². The summed E-state index contributed by atoms with van der Waals surface area (Å²) < 4.78 is 44.9. The maximum absolute atomic E-state index is 13.3. The Morgan fingerprint density at radius 3 is 2.15 bits per heavy atom. The molecule has 10 heteroatoms. The molecule has 2 atom stereocenters. The zero-order valence-electron chi connectivity index (χ0n) is 18.2. The van der Waals surface area contributed by atoms with E-state index in [4.69, 9.17) is 10.5 Å². The fourth-order valence-corrected chi connectivity index (χ4v) is 3.11.